The number of carbonyl (C=O) groups excluding carboxylic acids is 3. The summed E-state index contributed by atoms with van der Waals surface area (Å²) >= 11 is 0. The second kappa shape index (κ2) is 53.3. The van der Waals surface area contributed by atoms with E-state index in [1.165, 1.54) is 148 Å². The van der Waals surface area contributed by atoms with Crippen molar-refractivity contribution in [1.29, 1.82) is 0 Å². The molecule has 0 spiro atoms. The van der Waals surface area contributed by atoms with Gasteiger partial charge in [-0.15, -0.1) is 0 Å². The quantitative estimate of drug-likeness (QED) is 0.0306. The highest BCUT2D eigenvalue weighted by atomic mass is 16.8. The van der Waals surface area contributed by atoms with Gasteiger partial charge in [0.25, 0.3) is 0 Å². The summed E-state index contributed by atoms with van der Waals surface area (Å²) in [5, 5.41) is 175. The zero-order valence-electron chi connectivity index (χ0n) is 64.0. The molecule has 0 aliphatic carbocycles. The molecule has 3 amide bonds. The lowest BCUT2D eigenvalue weighted by Gasteiger charge is -2.51. The van der Waals surface area contributed by atoms with Crippen molar-refractivity contribution in [3.05, 3.63) is 12.2 Å². The molecule has 0 aromatic rings. The lowest BCUT2D eigenvalue weighted by atomic mass is 9.94. The van der Waals surface area contributed by atoms with Gasteiger partial charge < -0.3 is 140 Å². The molecule has 0 bridgehead atoms. The van der Waals surface area contributed by atoms with Crippen LogP contribution < -0.4 is 16.0 Å². The predicted molar refractivity (Wildman–Crippen MR) is 389 cm³/mol. The normalized spacial score (nSPS) is 34.0. The number of aliphatic hydroxyl groups excluding tert-OH is 15. The van der Waals surface area contributed by atoms with Gasteiger partial charge in [0.15, 0.2) is 31.5 Å². The van der Waals surface area contributed by atoms with Crippen molar-refractivity contribution in [2.24, 2.45) is 0 Å². The van der Waals surface area contributed by atoms with E-state index in [2.05, 4.69) is 29.8 Å². The van der Waals surface area contributed by atoms with Crippen LogP contribution in [-0.2, 0) is 61.8 Å². The Labute approximate surface area is 633 Å². The molecule has 107 heavy (non-hydrogen) atoms. The van der Waals surface area contributed by atoms with Gasteiger partial charge in [-0.05, 0) is 19.3 Å². The van der Waals surface area contributed by atoms with E-state index in [0.29, 0.717) is 12.8 Å². The van der Waals surface area contributed by atoms with E-state index in [4.69, 9.17) is 47.4 Å². The number of nitrogens with one attached hydrogen (secondary N) is 3. The summed E-state index contributed by atoms with van der Waals surface area (Å²) in [4.78, 5) is 38.4. The average molecular weight is 1540 g/mol. The Bertz CT molecular complexity index is 2380. The lowest BCUT2D eigenvalue weighted by Crippen LogP contribution is -2.70. The zero-order chi connectivity index (χ0) is 78.2. The zero-order valence-corrected chi connectivity index (χ0v) is 64.0. The van der Waals surface area contributed by atoms with E-state index in [-0.39, 0.29) is 12.3 Å². The Morgan fingerprint density at radius 3 is 1.07 bits per heavy atom. The van der Waals surface area contributed by atoms with Crippen LogP contribution in [0.1, 0.15) is 246 Å². The molecule has 5 saturated heterocycles. The van der Waals surface area contributed by atoms with Crippen LogP contribution in [-0.4, -0.2) is 300 Å². The van der Waals surface area contributed by atoms with Crippen molar-refractivity contribution in [1.82, 2.24) is 16.0 Å². The van der Waals surface area contributed by atoms with Crippen molar-refractivity contribution < 1.29 is 138 Å². The van der Waals surface area contributed by atoms with Crippen LogP contribution in [0.4, 0.5) is 0 Å². The Balaban J connectivity index is 1.20. The predicted octanol–water partition coefficient (Wildman–Crippen LogP) is 2.09. The van der Waals surface area contributed by atoms with Crippen LogP contribution in [0.5, 0.6) is 0 Å². The Morgan fingerprint density at radius 1 is 0.364 bits per heavy atom. The first kappa shape index (κ1) is 94.7. The fraction of sp³-hybridized carbons (Fsp3) is 0.934. The molecular weight excluding hydrogens is 1400 g/mol. The number of ether oxygens (including phenoxy) is 10. The highest BCUT2D eigenvalue weighted by Crippen LogP contribution is 2.38. The molecule has 31 nitrogen and oxygen atoms in total. The second-order valence-corrected chi connectivity index (χ2v) is 30.0. The summed E-state index contributed by atoms with van der Waals surface area (Å²) < 4.78 is 59.8. The van der Waals surface area contributed by atoms with E-state index in [1.807, 2.05) is 6.08 Å². The molecule has 5 heterocycles. The van der Waals surface area contributed by atoms with Crippen molar-refractivity contribution in [2.45, 2.75) is 412 Å². The largest absolute Gasteiger partial charge is 0.394 e. The van der Waals surface area contributed by atoms with Crippen molar-refractivity contribution in [2.75, 3.05) is 39.6 Å². The molecule has 27 atom stereocenters. The first-order valence-corrected chi connectivity index (χ1v) is 40.5. The van der Waals surface area contributed by atoms with E-state index in [9.17, 15) is 91.0 Å². The summed E-state index contributed by atoms with van der Waals surface area (Å²) in [7, 11) is 0. The molecule has 0 aromatic carbocycles. The highest BCUT2D eigenvalue weighted by Gasteiger charge is 2.58. The van der Waals surface area contributed by atoms with Gasteiger partial charge in [0, 0.05) is 20.3 Å². The molecule has 0 saturated carbocycles. The first-order valence-electron chi connectivity index (χ1n) is 40.5. The minimum absolute atomic E-state index is 0.191. The minimum atomic E-state index is -2.26. The number of unbranched alkanes of at least 4 members (excludes halogenated alkanes) is 31. The standard InChI is InChI=1S/C76H139N3O28/c1-5-7-9-11-13-15-17-19-20-21-22-23-24-25-26-28-30-32-34-36-38-40-56(88)79-49(50(87)39-37-35-33-31-29-27-18-16-14-12-10-8-6-2)46-98-74-65(95)63(93)68(53(43-82)101-74)104-75-66(96)64(94)69(54(44-83)102-75)105-76-67(97)71(107-73-58(78-48(4)86)62(92)60(90)52(42-81)100-73)70(55(45-84)103-76)106-72-57(77-47(3)85)61(91)59(89)51(41-80)99-72/h37,39,49-55,57-76,80-84,87,89-97H,5-36,38,40-46H2,1-4H3,(H,77,85)(H,78,86)(H,79,88)/b39-37+/t49-,50+,51?,52?,53?,54?,55?,57?,58?,59-,60-,61+,62+,63+,64+,65?,66?,67?,68+,69-,70-,71+,72-,73-,74+,75-,76-/m0/s1. The second-order valence-electron chi connectivity index (χ2n) is 30.0. The highest BCUT2D eigenvalue weighted by molar-refractivity contribution is 5.76. The monoisotopic (exact) mass is 1540 g/mol. The third-order valence-electron chi connectivity index (χ3n) is 21.1. The number of carbonyl (C=O) groups is 3. The summed E-state index contributed by atoms with van der Waals surface area (Å²) in [5.74, 6) is -1.87. The smallest absolute Gasteiger partial charge is 0.220 e. The van der Waals surface area contributed by atoms with Gasteiger partial charge in [-0.25, -0.2) is 0 Å². The third-order valence-corrected chi connectivity index (χ3v) is 21.1. The SMILES string of the molecule is CCCCCCCCCCCCC/C=C/[C@@H](O)[C@H](CO[C@@H]1OC(CO)[C@@H](O[C@@H]2OC(CO)[C@H](O[C@@H]3OC(CO)[C@H](O[C@@H]4OC(CO)[C@H](O)[C@H](O)C4NC(C)=O)[C@H](O[C@@H]4OC(CO)[C@H](O)[C@H](O)C4NC(C)=O)C3O)[C@H](O)C2O)[C@H](O)C1O)NC(=O)CCCCCCCCCCCCCCCCCCCCCCC. The van der Waals surface area contributed by atoms with Crippen molar-refractivity contribution in [3.8, 4) is 0 Å². The summed E-state index contributed by atoms with van der Waals surface area (Å²) in [6.07, 6.45) is -1.56. The molecule has 626 valence electrons. The molecule has 10 unspecified atom stereocenters. The van der Waals surface area contributed by atoms with Crippen LogP contribution in [0.25, 0.3) is 0 Å². The fourth-order valence-electron chi connectivity index (χ4n) is 14.7. The molecule has 5 fully saturated rings. The number of hydrogen-bond acceptors (Lipinski definition) is 28. The number of aliphatic hydroxyl groups is 15. The number of allylic oxidation sites excluding steroid dienone is 1. The third kappa shape index (κ3) is 31.8. The molecule has 5 aliphatic heterocycles. The van der Waals surface area contributed by atoms with Crippen molar-refractivity contribution >= 4 is 17.7 Å². The topological polar surface area (TPSA) is 483 Å². The molecular formula is C76H139N3O28. The van der Waals surface area contributed by atoms with Gasteiger partial charge in [0.1, 0.15) is 122 Å². The maximum absolute atomic E-state index is 13.5. The van der Waals surface area contributed by atoms with E-state index >= 15 is 0 Å². The maximum Gasteiger partial charge on any atom is 0.220 e. The van der Waals surface area contributed by atoms with Crippen LogP contribution in [0.3, 0.4) is 0 Å². The number of amides is 3. The molecule has 0 aromatic heterocycles. The van der Waals surface area contributed by atoms with E-state index in [0.717, 1.165) is 65.2 Å². The Hall–Kier alpha value is -2.85. The van der Waals surface area contributed by atoms with Crippen LogP contribution >= 0.6 is 0 Å². The maximum atomic E-state index is 13.5. The van der Waals surface area contributed by atoms with E-state index < -0.39 is 217 Å². The van der Waals surface area contributed by atoms with Crippen LogP contribution in [0.2, 0.25) is 0 Å². The van der Waals surface area contributed by atoms with Crippen LogP contribution in [0, 0.1) is 0 Å². The minimum Gasteiger partial charge on any atom is -0.394 e. The van der Waals surface area contributed by atoms with Gasteiger partial charge in [0.05, 0.1) is 51.8 Å². The van der Waals surface area contributed by atoms with Gasteiger partial charge in [0.2, 0.25) is 17.7 Å². The van der Waals surface area contributed by atoms with Gasteiger partial charge >= 0.3 is 0 Å². The summed E-state index contributed by atoms with van der Waals surface area (Å²) in [6, 6.07) is -4.36. The van der Waals surface area contributed by atoms with Crippen LogP contribution in [0.15, 0.2) is 12.2 Å². The molecule has 31 heteroatoms. The summed E-state index contributed by atoms with van der Waals surface area (Å²) in [5.41, 5.74) is 0. The fourth-order valence-corrected chi connectivity index (χ4v) is 14.7. The van der Waals surface area contributed by atoms with Gasteiger partial charge in [-0.1, -0.05) is 219 Å². The van der Waals surface area contributed by atoms with Gasteiger partial charge in [-0.3, -0.25) is 14.4 Å². The molecule has 5 rings (SSSR count). The molecule has 5 aliphatic rings. The Kier molecular flexibility index (Phi) is 47.2. The first-order chi connectivity index (χ1) is 51.6. The van der Waals surface area contributed by atoms with Crippen molar-refractivity contribution in [3.63, 3.8) is 0 Å². The summed E-state index contributed by atoms with van der Waals surface area (Å²) in [6.45, 7) is 1.31. The molecule has 0 radical (unpaired) electrons. The van der Waals surface area contributed by atoms with E-state index in [1.54, 1.807) is 6.08 Å². The average Bonchev–Trinajstić information content (AvgIpc) is 0.766. The lowest BCUT2D eigenvalue weighted by molar-refractivity contribution is -0.396. The number of rotatable bonds is 55. The molecule has 18 N–H and O–H groups in total. The number of hydrogen-bond donors (Lipinski definition) is 18. The Morgan fingerprint density at radius 2 is 0.682 bits per heavy atom. The van der Waals surface area contributed by atoms with Gasteiger partial charge in [-0.2, -0.15) is 0 Å².